The Morgan fingerprint density at radius 2 is 0.800 bits per heavy atom. The molecule has 0 saturated heterocycles. The van der Waals surface area contributed by atoms with E-state index in [0.717, 1.165) is 0 Å². The molecular formula is C12H9N3. The molecule has 0 N–H and O–H groups in total. The molecule has 0 bridgehead atoms. The number of hydrogen-bond acceptors (Lipinski definition) is 0. The molecule has 0 radical (unpaired) electrons. The van der Waals surface area contributed by atoms with Crippen molar-refractivity contribution in [2.24, 2.45) is 0 Å². The van der Waals surface area contributed by atoms with Gasteiger partial charge in [-0.3, -0.25) is 0 Å². The SMILES string of the molecule is [C-]#[N+]c1c(C)c([N+]#[C-])c(C)c([N+]#[C-])c1C. The molecule has 0 amide bonds. The summed E-state index contributed by atoms with van der Waals surface area (Å²) in [5, 5.41) is 0. The molecule has 72 valence electrons. The van der Waals surface area contributed by atoms with E-state index in [-0.39, 0.29) is 0 Å². The van der Waals surface area contributed by atoms with Gasteiger partial charge in [-0.2, -0.15) is 0 Å². The summed E-state index contributed by atoms with van der Waals surface area (Å²) in [6, 6.07) is 0. The Labute approximate surface area is 89.4 Å². The lowest BCUT2D eigenvalue weighted by Crippen LogP contribution is -1.85. The normalized spacial score (nSPS) is 8.80. The minimum atomic E-state index is 0.442. The van der Waals surface area contributed by atoms with Crippen LogP contribution in [0.25, 0.3) is 14.5 Å². The van der Waals surface area contributed by atoms with Crippen LogP contribution in [0.3, 0.4) is 0 Å². The molecule has 0 spiro atoms. The Morgan fingerprint density at radius 3 is 0.933 bits per heavy atom. The quantitative estimate of drug-likeness (QED) is 0.548. The molecule has 0 unspecified atom stereocenters. The Balaban J connectivity index is 3.88. The lowest BCUT2D eigenvalue weighted by molar-refractivity contribution is 1.36. The van der Waals surface area contributed by atoms with Gasteiger partial charge in [0.05, 0.1) is 19.7 Å². The van der Waals surface area contributed by atoms with Crippen molar-refractivity contribution in [2.45, 2.75) is 20.8 Å². The summed E-state index contributed by atoms with van der Waals surface area (Å²) in [5.74, 6) is 0. The van der Waals surface area contributed by atoms with Crippen molar-refractivity contribution in [2.75, 3.05) is 0 Å². The van der Waals surface area contributed by atoms with Crippen LogP contribution in [0, 0.1) is 40.5 Å². The summed E-state index contributed by atoms with van der Waals surface area (Å²) in [5.41, 5.74) is 3.38. The Bertz CT molecular complexity index is 446. The highest BCUT2D eigenvalue weighted by atomic mass is 14.8. The molecule has 3 heteroatoms. The van der Waals surface area contributed by atoms with Gasteiger partial charge < -0.3 is 0 Å². The fourth-order valence-electron chi connectivity index (χ4n) is 1.68. The van der Waals surface area contributed by atoms with Crippen LogP contribution in [0.5, 0.6) is 0 Å². The van der Waals surface area contributed by atoms with E-state index in [4.69, 9.17) is 19.7 Å². The second-order valence-corrected chi connectivity index (χ2v) is 3.26. The molecule has 3 nitrogen and oxygen atoms in total. The van der Waals surface area contributed by atoms with Crippen LogP contribution in [-0.2, 0) is 0 Å². The summed E-state index contributed by atoms with van der Waals surface area (Å²) in [7, 11) is 0. The first-order valence-electron chi connectivity index (χ1n) is 4.34. The average molecular weight is 195 g/mol. The molecule has 0 saturated carbocycles. The maximum Gasteiger partial charge on any atom is 0.172 e. The minimum Gasteiger partial charge on any atom is -0.240 e. The van der Waals surface area contributed by atoms with Crippen molar-refractivity contribution >= 4 is 17.1 Å². The summed E-state index contributed by atoms with van der Waals surface area (Å²) >= 11 is 0. The fourth-order valence-corrected chi connectivity index (χ4v) is 1.68. The van der Waals surface area contributed by atoms with Gasteiger partial charge in [0, 0.05) is 0 Å². The van der Waals surface area contributed by atoms with Gasteiger partial charge in [0.2, 0.25) is 0 Å². The van der Waals surface area contributed by atoms with Crippen molar-refractivity contribution in [1.29, 1.82) is 0 Å². The highest BCUT2D eigenvalue weighted by molar-refractivity contribution is 5.83. The standard InChI is InChI=1S/C12H9N3/c1-7-10(13-4)8(2)12(15-6)9(3)11(7)14-5/h1-3H3. The molecule has 0 fully saturated rings. The molecular weight excluding hydrogens is 186 g/mol. The number of nitrogens with zero attached hydrogens (tertiary/aromatic N) is 3. The van der Waals surface area contributed by atoms with E-state index in [2.05, 4.69) is 14.5 Å². The minimum absolute atomic E-state index is 0.442. The van der Waals surface area contributed by atoms with Crippen molar-refractivity contribution < 1.29 is 0 Å². The zero-order chi connectivity index (χ0) is 11.6. The van der Waals surface area contributed by atoms with Gasteiger partial charge in [-0.1, -0.05) is 20.8 Å². The first-order valence-corrected chi connectivity index (χ1v) is 4.34. The Kier molecular flexibility index (Phi) is 2.75. The van der Waals surface area contributed by atoms with E-state index in [1.807, 2.05) is 0 Å². The van der Waals surface area contributed by atoms with Gasteiger partial charge in [0.15, 0.2) is 17.1 Å². The van der Waals surface area contributed by atoms with Crippen LogP contribution in [0.1, 0.15) is 16.7 Å². The topological polar surface area (TPSA) is 13.1 Å². The van der Waals surface area contributed by atoms with Crippen molar-refractivity contribution in [3.8, 4) is 0 Å². The first-order chi connectivity index (χ1) is 7.08. The predicted octanol–water partition coefficient (Wildman–Crippen LogP) is 4.26. The second-order valence-electron chi connectivity index (χ2n) is 3.26. The molecule has 0 aliphatic rings. The summed E-state index contributed by atoms with van der Waals surface area (Å²) in [6.07, 6.45) is 0. The van der Waals surface area contributed by atoms with Crippen LogP contribution >= 0.6 is 0 Å². The van der Waals surface area contributed by atoms with Crippen molar-refractivity contribution in [1.82, 2.24) is 0 Å². The van der Waals surface area contributed by atoms with E-state index in [0.29, 0.717) is 33.8 Å². The Hall–Kier alpha value is -2.31. The highest BCUT2D eigenvalue weighted by Crippen LogP contribution is 2.42. The van der Waals surface area contributed by atoms with Gasteiger partial charge in [0.25, 0.3) is 0 Å². The fraction of sp³-hybridized carbons (Fsp3) is 0.250. The van der Waals surface area contributed by atoms with Gasteiger partial charge in [-0.25, -0.2) is 14.5 Å². The molecule has 0 aliphatic heterocycles. The number of benzene rings is 1. The van der Waals surface area contributed by atoms with Crippen molar-refractivity contribution in [3.05, 3.63) is 50.9 Å². The summed E-state index contributed by atoms with van der Waals surface area (Å²) < 4.78 is 0. The predicted molar refractivity (Wildman–Crippen MR) is 59.4 cm³/mol. The lowest BCUT2D eigenvalue weighted by Gasteiger charge is -2.10. The molecule has 1 rings (SSSR count). The molecule has 15 heavy (non-hydrogen) atoms. The van der Waals surface area contributed by atoms with Gasteiger partial charge in [0.1, 0.15) is 0 Å². The number of rotatable bonds is 0. The van der Waals surface area contributed by atoms with Crippen LogP contribution in [0.15, 0.2) is 0 Å². The molecule has 0 aromatic heterocycles. The van der Waals surface area contributed by atoms with E-state index >= 15 is 0 Å². The zero-order valence-corrected chi connectivity index (χ0v) is 8.84. The number of hydrogen-bond donors (Lipinski definition) is 0. The molecule has 1 aromatic rings. The molecule has 1 aromatic carbocycles. The highest BCUT2D eigenvalue weighted by Gasteiger charge is 2.16. The second kappa shape index (κ2) is 3.82. The van der Waals surface area contributed by atoms with Crippen LogP contribution in [0.2, 0.25) is 0 Å². The third kappa shape index (κ3) is 1.43. The van der Waals surface area contributed by atoms with Crippen molar-refractivity contribution in [3.63, 3.8) is 0 Å². The molecule has 0 atom stereocenters. The lowest BCUT2D eigenvalue weighted by atomic mass is 10.00. The third-order valence-corrected chi connectivity index (χ3v) is 2.47. The van der Waals surface area contributed by atoms with E-state index < -0.39 is 0 Å². The summed E-state index contributed by atoms with van der Waals surface area (Å²) in [6.45, 7) is 26.5. The monoisotopic (exact) mass is 195 g/mol. The largest absolute Gasteiger partial charge is 0.240 e. The van der Waals surface area contributed by atoms with E-state index in [1.165, 1.54) is 0 Å². The van der Waals surface area contributed by atoms with Gasteiger partial charge in [-0.05, 0) is 16.7 Å². The van der Waals surface area contributed by atoms with Gasteiger partial charge >= 0.3 is 0 Å². The Morgan fingerprint density at radius 1 is 0.600 bits per heavy atom. The molecule has 0 aliphatic carbocycles. The smallest absolute Gasteiger partial charge is 0.172 e. The first kappa shape index (κ1) is 10.8. The van der Waals surface area contributed by atoms with Crippen LogP contribution in [-0.4, -0.2) is 0 Å². The van der Waals surface area contributed by atoms with E-state index in [1.54, 1.807) is 20.8 Å². The summed E-state index contributed by atoms with van der Waals surface area (Å²) in [4.78, 5) is 10.2. The third-order valence-electron chi connectivity index (χ3n) is 2.47. The van der Waals surface area contributed by atoms with Crippen LogP contribution < -0.4 is 0 Å². The van der Waals surface area contributed by atoms with E-state index in [9.17, 15) is 0 Å². The zero-order valence-electron chi connectivity index (χ0n) is 8.84. The maximum atomic E-state index is 7.06. The average Bonchev–Trinajstić information content (AvgIpc) is 2.19. The maximum absolute atomic E-state index is 7.06. The van der Waals surface area contributed by atoms with Gasteiger partial charge in [-0.15, -0.1) is 0 Å². The molecule has 0 heterocycles. The van der Waals surface area contributed by atoms with Crippen LogP contribution in [0.4, 0.5) is 17.1 Å².